The predicted molar refractivity (Wildman–Crippen MR) is 131 cm³/mol. The molecule has 7 nitrogen and oxygen atoms in total. The van der Waals surface area contributed by atoms with Crippen molar-refractivity contribution in [1.82, 2.24) is 20.1 Å². The first-order chi connectivity index (χ1) is 16.3. The summed E-state index contributed by atoms with van der Waals surface area (Å²) in [6, 6.07) is 3.02. The van der Waals surface area contributed by atoms with Gasteiger partial charge in [0, 0.05) is 34.1 Å². The zero-order valence-corrected chi connectivity index (χ0v) is 20.3. The van der Waals surface area contributed by atoms with Gasteiger partial charge in [-0.2, -0.15) is 5.10 Å². The second-order valence-electron chi connectivity index (χ2n) is 8.46. The Bertz CT molecular complexity index is 1360. The van der Waals surface area contributed by atoms with Crippen molar-refractivity contribution in [3.63, 3.8) is 0 Å². The number of ether oxygens (including phenoxy) is 1. The first-order valence-electron chi connectivity index (χ1n) is 11.1. The summed E-state index contributed by atoms with van der Waals surface area (Å²) in [6.45, 7) is 5.55. The van der Waals surface area contributed by atoms with Gasteiger partial charge in [0.15, 0.2) is 11.4 Å². The van der Waals surface area contributed by atoms with Crippen LogP contribution in [0.2, 0.25) is 10.0 Å². The van der Waals surface area contributed by atoms with Gasteiger partial charge >= 0.3 is 0 Å². The molecule has 0 amide bonds. The first-order valence-corrected chi connectivity index (χ1v) is 11.8. The Morgan fingerprint density at radius 3 is 2.79 bits per heavy atom. The molecule has 0 bridgehead atoms. The minimum Gasteiger partial charge on any atom is -0.478 e. The number of benzene rings is 1. The molecule has 10 heteroatoms. The molecule has 0 radical (unpaired) electrons. The highest BCUT2D eigenvalue weighted by Gasteiger charge is 2.25. The van der Waals surface area contributed by atoms with E-state index >= 15 is 0 Å². The number of fused-ring (bicyclic) bond motifs is 1. The van der Waals surface area contributed by atoms with E-state index in [0.29, 0.717) is 28.0 Å². The number of hydrogen-bond donors (Lipinski definition) is 2. The summed E-state index contributed by atoms with van der Waals surface area (Å²) in [5.74, 6) is 0.504. The summed E-state index contributed by atoms with van der Waals surface area (Å²) < 4.78 is 28.3. The Kier molecular flexibility index (Phi) is 6.14. The SMILES string of the molecule is Cc1oc2c(O[C@H](C)c3c(Cl)ccc(F)c3Cl)c(N)ncc2c1-c1cnn(C2CCNCC2)c1. The molecular formula is C24H24Cl2FN5O2. The van der Waals surface area contributed by atoms with Crippen LogP contribution in [0.5, 0.6) is 5.75 Å². The van der Waals surface area contributed by atoms with E-state index in [1.807, 2.05) is 24.0 Å². The van der Waals surface area contributed by atoms with Crippen LogP contribution >= 0.6 is 23.2 Å². The minimum absolute atomic E-state index is 0.0969. The van der Waals surface area contributed by atoms with E-state index in [0.717, 1.165) is 42.4 Å². The van der Waals surface area contributed by atoms with E-state index in [-0.39, 0.29) is 16.6 Å². The maximum atomic E-state index is 14.1. The lowest BCUT2D eigenvalue weighted by Crippen LogP contribution is -2.29. The summed E-state index contributed by atoms with van der Waals surface area (Å²) in [6.07, 6.45) is 6.90. The van der Waals surface area contributed by atoms with Gasteiger partial charge in [-0.3, -0.25) is 4.68 Å². The number of aromatic nitrogens is 3. The normalized spacial score (nSPS) is 15.7. The molecule has 3 aromatic heterocycles. The van der Waals surface area contributed by atoms with Crippen LogP contribution in [0, 0.1) is 12.7 Å². The number of anilines is 1. The second-order valence-corrected chi connectivity index (χ2v) is 9.24. The average molecular weight is 504 g/mol. The maximum Gasteiger partial charge on any atom is 0.205 e. The lowest BCUT2D eigenvalue weighted by molar-refractivity contribution is 0.227. The Balaban J connectivity index is 1.53. The molecule has 3 N–H and O–H groups in total. The van der Waals surface area contributed by atoms with Gasteiger partial charge in [-0.25, -0.2) is 9.37 Å². The molecule has 0 saturated carbocycles. The topological polar surface area (TPSA) is 91.1 Å². The van der Waals surface area contributed by atoms with Crippen molar-refractivity contribution in [1.29, 1.82) is 0 Å². The fourth-order valence-electron chi connectivity index (χ4n) is 4.52. The van der Waals surface area contributed by atoms with Crippen molar-refractivity contribution >= 4 is 40.0 Å². The van der Waals surface area contributed by atoms with Crippen LogP contribution in [0.15, 0.2) is 35.1 Å². The Morgan fingerprint density at radius 1 is 1.26 bits per heavy atom. The van der Waals surface area contributed by atoms with Gasteiger partial charge < -0.3 is 20.2 Å². The summed E-state index contributed by atoms with van der Waals surface area (Å²) in [5, 5.41) is 8.92. The van der Waals surface area contributed by atoms with E-state index in [4.69, 9.17) is 38.1 Å². The van der Waals surface area contributed by atoms with Crippen molar-refractivity contribution in [2.45, 2.75) is 38.8 Å². The number of nitrogens with zero attached hydrogens (tertiary/aromatic N) is 3. The number of aryl methyl sites for hydroxylation is 1. The molecule has 1 aromatic carbocycles. The van der Waals surface area contributed by atoms with Crippen molar-refractivity contribution < 1.29 is 13.5 Å². The van der Waals surface area contributed by atoms with Crippen molar-refractivity contribution in [2.24, 2.45) is 0 Å². The van der Waals surface area contributed by atoms with Crippen LogP contribution in [-0.4, -0.2) is 27.9 Å². The lowest BCUT2D eigenvalue weighted by atomic mass is 10.1. The monoisotopic (exact) mass is 503 g/mol. The molecule has 0 spiro atoms. The molecule has 0 aliphatic carbocycles. The maximum absolute atomic E-state index is 14.1. The van der Waals surface area contributed by atoms with Crippen molar-refractivity contribution in [3.8, 4) is 16.9 Å². The van der Waals surface area contributed by atoms with Crippen LogP contribution in [0.3, 0.4) is 0 Å². The molecule has 1 aliphatic rings. The molecular weight excluding hydrogens is 480 g/mol. The molecule has 1 atom stereocenters. The number of rotatable bonds is 5. The lowest BCUT2D eigenvalue weighted by Gasteiger charge is -2.22. The highest BCUT2D eigenvalue weighted by molar-refractivity contribution is 6.36. The van der Waals surface area contributed by atoms with E-state index in [1.165, 1.54) is 12.1 Å². The molecule has 5 rings (SSSR count). The summed E-state index contributed by atoms with van der Waals surface area (Å²) in [4.78, 5) is 4.33. The van der Waals surface area contributed by atoms with Crippen LogP contribution in [0.1, 0.15) is 43.2 Å². The summed E-state index contributed by atoms with van der Waals surface area (Å²) >= 11 is 12.5. The van der Waals surface area contributed by atoms with Gasteiger partial charge in [0.2, 0.25) is 5.75 Å². The van der Waals surface area contributed by atoms with Crippen LogP contribution in [-0.2, 0) is 0 Å². The Labute approximate surface area is 206 Å². The Hall–Kier alpha value is -2.81. The first kappa shape index (κ1) is 23.0. The van der Waals surface area contributed by atoms with Crippen LogP contribution in [0.4, 0.5) is 10.2 Å². The number of furan rings is 1. The number of nitrogens with two attached hydrogens (primary N) is 1. The zero-order valence-electron chi connectivity index (χ0n) is 18.7. The van der Waals surface area contributed by atoms with Crippen molar-refractivity contribution in [2.75, 3.05) is 18.8 Å². The molecule has 1 saturated heterocycles. The number of nitrogen functional groups attached to an aromatic ring is 1. The quantitative estimate of drug-likeness (QED) is 0.320. The average Bonchev–Trinajstić information content (AvgIpc) is 3.43. The third kappa shape index (κ3) is 4.00. The van der Waals surface area contributed by atoms with Gasteiger partial charge in [0.25, 0.3) is 0 Å². The van der Waals surface area contributed by atoms with Gasteiger partial charge in [-0.1, -0.05) is 23.2 Å². The summed E-state index contributed by atoms with van der Waals surface area (Å²) in [5.41, 5.74) is 8.74. The van der Waals surface area contributed by atoms with Gasteiger partial charge in [-0.15, -0.1) is 0 Å². The third-order valence-electron chi connectivity index (χ3n) is 6.25. The minimum atomic E-state index is -0.707. The van der Waals surface area contributed by atoms with Crippen LogP contribution in [0.25, 0.3) is 22.1 Å². The van der Waals surface area contributed by atoms with Gasteiger partial charge in [-0.05, 0) is 51.9 Å². The number of hydrogen-bond acceptors (Lipinski definition) is 6. The number of halogens is 3. The number of nitrogens with one attached hydrogen (secondary N) is 1. The molecule has 4 aromatic rings. The third-order valence-corrected chi connectivity index (χ3v) is 6.96. The molecule has 4 heterocycles. The highest BCUT2D eigenvalue weighted by atomic mass is 35.5. The zero-order chi connectivity index (χ0) is 24.0. The smallest absolute Gasteiger partial charge is 0.205 e. The standard InChI is InChI=1S/C24H24Cl2FN5O2/c1-12-19(14-9-31-32(11-14)15-5-7-29-8-6-15)16-10-30-24(28)23(22(16)33-12)34-13(2)20-17(25)3-4-18(27)21(20)26/h3-4,9-11,13,15,29H,5-8H2,1-2H3,(H2,28,30)/t13-/m1/s1. The van der Waals surface area contributed by atoms with E-state index < -0.39 is 11.9 Å². The van der Waals surface area contributed by atoms with E-state index in [9.17, 15) is 4.39 Å². The summed E-state index contributed by atoms with van der Waals surface area (Å²) in [7, 11) is 0. The number of piperidine rings is 1. The number of pyridine rings is 1. The van der Waals surface area contributed by atoms with Gasteiger partial charge in [0.1, 0.15) is 17.7 Å². The largest absolute Gasteiger partial charge is 0.478 e. The fraction of sp³-hybridized carbons (Fsp3) is 0.333. The van der Waals surface area contributed by atoms with Crippen molar-refractivity contribution in [3.05, 3.63) is 57.9 Å². The molecule has 34 heavy (non-hydrogen) atoms. The molecule has 0 unspecified atom stereocenters. The van der Waals surface area contributed by atoms with Crippen LogP contribution < -0.4 is 15.8 Å². The van der Waals surface area contributed by atoms with E-state index in [1.54, 1.807) is 13.1 Å². The highest BCUT2D eigenvalue weighted by Crippen LogP contribution is 2.43. The van der Waals surface area contributed by atoms with Gasteiger partial charge in [0.05, 0.1) is 22.6 Å². The predicted octanol–water partition coefficient (Wildman–Crippen LogP) is 6.09. The second kappa shape index (κ2) is 9.09. The van der Waals surface area contributed by atoms with E-state index in [2.05, 4.69) is 15.4 Å². The Morgan fingerprint density at radius 2 is 2.03 bits per heavy atom. The molecule has 1 fully saturated rings. The fourth-order valence-corrected chi connectivity index (χ4v) is 5.20. The molecule has 178 valence electrons. The molecule has 1 aliphatic heterocycles.